The van der Waals surface area contributed by atoms with Gasteiger partial charge in [0.25, 0.3) is 0 Å². The summed E-state index contributed by atoms with van der Waals surface area (Å²) in [4.78, 5) is 10.1. The second kappa shape index (κ2) is 5.32. The van der Waals surface area contributed by atoms with Gasteiger partial charge in [0.05, 0.1) is 5.01 Å². The molecule has 0 radical (unpaired) electrons. The molecular weight excluding hydrogens is 264 g/mol. The molecule has 0 saturated carbocycles. The molecular formula is C12H18N4S2. The zero-order valence-corrected chi connectivity index (χ0v) is 12.8. The number of anilines is 1. The Hall–Kier alpha value is -1.01. The van der Waals surface area contributed by atoms with E-state index >= 15 is 0 Å². The summed E-state index contributed by atoms with van der Waals surface area (Å²) in [6, 6.07) is 0. The molecule has 0 saturated heterocycles. The van der Waals surface area contributed by atoms with Crippen LogP contribution < -0.4 is 5.32 Å². The van der Waals surface area contributed by atoms with Crippen LogP contribution in [0.15, 0.2) is 6.20 Å². The van der Waals surface area contributed by atoms with Crippen molar-refractivity contribution < 1.29 is 0 Å². The highest BCUT2D eigenvalue weighted by Gasteiger charge is 2.19. The average molecular weight is 282 g/mol. The van der Waals surface area contributed by atoms with Crippen LogP contribution in [0.2, 0.25) is 0 Å². The van der Waals surface area contributed by atoms with Gasteiger partial charge in [-0.05, 0) is 6.92 Å². The van der Waals surface area contributed by atoms with Crippen LogP contribution in [0.5, 0.6) is 0 Å². The first-order chi connectivity index (χ1) is 8.45. The van der Waals surface area contributed by atoms with Crippen molar-refractivity contribution in [3.63, 3.8) is 0 Å². The van der Waals surface area contributed by atoms with E-state index in [1.165, 1.54) is 21.4 Å². The first kappa shape index (κ1) is 13.4. The van der Waals surface area contributed by atoms with Crippen molar-refractivity contribution in [2.24, 2.45) is 0 Å². The molecule has 0 amide bonds. The van der Waals surface area contributed by atoms with Crippen LogP contribution in [-0.4, -0.2) is 20.9 Å². The Morgan fingerprint density at radius 3 is 2.67 bits per heavy atom. The number of nitrogens with zero attached hydrogens (tertiary/aromatic N) is 3. The molecule has 0 bridgehead atoms. The Balaban J connectivity index is 1.85. The third kappa shape index (κ3) is 3.49. The van der Waals surface area contributed by atoms with Crippen LogP contribution in [0.4, 0.5) is 5.13 Å². The van der Waals surface area contributed by atoms with Gasteiger partial charge in [0, 0.05) is 41.0 Å². The Morgan fingerprint density at radius 1 is 1.33 bits per heavy atom. The van der Waals surface area contributed by atoms with E-state index in [0.29, 0.717) is 0 Å². The van der Waals surface area contributed by atoms with E-state index in [1.54, 1.807) is 11.3 Å². The molecule has 2 aromatic heterocycles. The maximum atomic E-state index is 4.50. The molecule has 0 atom stereocenters. The van der Waals surface area contributed by atoms with Crippen molar-refractivity contribution >= 4 is 28.0 Å². The summed E-state index contributed by atoms with van der Waals surface area (Å²) in [6.45, 7) is 9.30. The number of hydrogen-bond donors (Lipinski definition) is 1. The van der Waals surface area contributed by atoms with Gasteiger partial charge in [-0.1, -0.05) is 20.8 Å². The molecule has 0 fully saturated rings. The fourth-order valence-electron chi connectivity index (χ4n) is 1.39. The molecule has 2 rings (SSSR count). The quantitative estimate of drug-likeness (QED) is 0.935. The summed E-state index contributed by atoms with van der Waals surface area (Å²) < 4.78 is 4.37. The van der Waals surface area contributed by atoms with Crippen LogP contribution >= 0.6 is 22.9 Å². The second-order valence-corrected chi connectivity index (χ2v) is 7.29. The van der Waals surface area contributed by atoms with Crippen LogP contribution in [-0.2, 0) is 11.8 Å². The predicted octanol–water partition coefficient (Wildman–Crippen LogP) is 3.26. The lowest BCUT2D eigenvalue weighted by Gasteiger charge is -2.12. The number of aromatic nitrogens is 3. The van der Waals surface area contributed by atoms with Crippen molar-refractivity contribution in [1.82, 2.24) is 14.3 Å². The molecule has 0 aliphatic rings. The maximum absolute atomic E-state index is 4.50. The Labute approximate surface area is 116 Å². The van der Waals surface area contributed by atoms with E-state index in [9.17, 15) is 0 Å². The van der Waals surface area contributed by atoms with Gasteiger partial charge in [0.1, 0.15) is 5.82 Å². The minimum absolute atomic E-state index is 0.0167. The molecule has 98 valence electrons. The van der Waals surface area contributed by atoms with Gasteiger partial charge in [0.2, 0.25) is 5.13 Å². The molecule has 4 nitrogen and oxygen atoms in total. The summed E-state index contributed by atoms with van der Waals surface area (Å²) in [5.74, 6) is 0.903. The van der Waals surface area contributed by atoms with E-state index in [-0.39, 0.29) is 5.41 Å². The summed E-state index contributed by atoms with van der Waals surface area (Å²) >= 11 is 3.18. The highest BCUT2D eigenvalue weighted by molar-refractivity contribution is 7.11. The first-order valence-corrected chi connectivity index (χ1v) is 7.53. The SMILES string of the molecule is Cc1cnc(CCNc2nc(C(C)(C)C)ns2)s1. The molecule has 0 unspecified atom stereocenters. The predicted molar refractivity (Wildman–Crippen MR) is 77.7 cm³/mol. The van der Waals surface area contributed by atoms with E-state index in [2.05, 4.69) is 47.4 Å². The van der Waals surface area contributed by atoms with Crippen molar-refractivity contribution in [2.75, 3.05) is 11.9 Å². The number of nitrogens with one attached hydrogen (secondary N) is 1. The lowest BCUT2D eigenvalue weighted by Crippen LogP contribution is -2.13. The highest BCUT2D eigenvalue weighted by Crippen LogP contribution is 2.22. The zero-order chi connectivity index (χ0) is 13.2. The minimum atomic E-state index is 0.0167. The van der Waals surface area contributed by atoms with Crippen molar-refractivity contribution in [3.05, 3.63) is 21.9 Å². The van der Waals surface area contributed by atoms with Crippen molar-refractivity contribution in [1.29, 1.82) is 0 Å². The Kier molecular flexibility index (Phi) is 3.97. The first-order valence-electron chi connectivity index (χ1n) is 5.94. The number of hydrogen-bond acceptors (Lipinski definition) is 6. The van der Waals surface area contributed by atoms with Gasteiger partial charge in [-0.25, -0.2) is 9.97 Å². The molecule has 6 heteroatoms. The van der Waals surface area contributed by atoms with E-state index in [1.807, 2.05) is 6.20 Å². The Morgan fingerprint density at radius 2 is 2.11 bits per heavy atom. The monoisotopic (exact) mass is 282 g/mol. The van der Waals surface area contributed by atoms with Gasteiger partial charge >= 0.3 is 0 Å². The van der Waals surface area contributed by atoms with Gasteiger partial charge in [0.15, 0.2) is 0 Å². The highest BCUT2D eigenvalue weighted by atomic mass is 32.1. The lowest BCUT2D eigenvalue weighted by atomic mass is 9.96. The van der Waals surface area contributed by atoms with E-state index in [0.717, 1.165) is 23.9 Å². The van der Waals surface area contributed by atoms with Crippen LogP contribution in [0, 0.1) is 6.92 Å². The molecule has 2 aromatic rings. The summed E-state index contributed by atoms with van der Waals surface area (Å²) in [5.41, 5.74) is 0.0167. The van der Waals surface area contributed by atoms with Gasteiger partial charge in [-0.2, -0.15) is 4.37 Å². The zero-order valence-electron chi connectivity index (χ0n) is 11.1. The normalized spacial score (nSPS) is 11.8. The molecule has 18 heavy (non-hydrogen) atoms. The summed E-state index contributed by atoms with van der Waals surface area (Å²) in [5, 5.41) is 5.37. The second-order valence-electron chi connectivity index (χ2n) is 5.21. The van der Waals surface area contributed by atoms with Crippen LogP contribution in [0.3, 0.4) is 0 Å². The average Bonchev–Trinajstić information content (AvgIpc) is 2.87. The fraction of sp³-hybridized carbons (Fsp3) is 0.583. The molecule has 0 spiro atoms. The number of rotatable bonds is 4. The van der Waals surface area contributed by atoms with Crippen LogP contribution in [0.25, 0.3) is 0 Å². The molecule has 2 heterocycles. The maximum Gasteiger partial charge on any atom is 0.202 e. The third-order valence-electron chi connectivity index (χ3n) is 2.38. The number of aryl methyl sites for hydroxylation is 1. The Bertz CT molecular complexity index is 510. The lowest BCUT2D eigenvalue weighted by molar-refractivity contribution is 0.555. The van der Waals surface area contributed by atoms with Crippen molar-refractivity contribution in [3.8, 4) is 0 Å². The van der Waals surface area contributed by atoms with Gasteiger partial charge in [-0.3, -0.25) is 0 Å². The smallest absolute Gasteiger partial charge is 0.202 e. The topological polar surface area (TPSA) is 50.7 Å². The number of thiazole rings is 1. The fourth-order valence-corrected chi connectivity index (χ4v) is 2.96. The van der Waals surface area contributed by atoms with Crippen LogP contribution in [0.1, 0.15) is 36.5 Å². The van der Waals surface area contributed by atoms with Crippen molar-refractivity contribution in [2.45, 2.75) is 39.5 Å². The van der Waals surface area contributed by atoms with Gasteiger partial charge < -0.3 is 5.32 Å². The minimum Gasteiger partial charge on any atom is -0.360 e. The third-order valence-corrected chi connectivity index (χ3v) is 4.03. The summed E-state index contributed by atoms with van der Waals surface area (Å²) in [6.07, 6.45) is 2.85. The molecule has 1 N–H and O–H groups in total. The standard InChI is InChI=1S/C12H18N4S2/c1-8-7-14-9(17-8)5-6-13-11-15-10(16-18-11)12(2,3)4/h7H,5-6H2,1-4H3,(H,13,15,16). The molecule has 0 aliphatic heterocycles. The van der Waals surface area contributed by atoms with Gasteiger partial charge in [-0.15, -0.1) is 11.3 Å². The molecule has 0 aliphatic carbocycles. The molecule has 0 aromatic carbocycles. The van der Waals surface area contributed by atoms with E-state index in [4.69, 9.17) is 0 Å². The summed E-state index contributed by atoms with van der Waals surface area (Å²) in [7, 11) is 0. The van der Waals surface area contributed by atoms with E-state index < -0.39 is 0 Å². The largest absolute Gasteiger partial charge is 0.360 e.